The van der Waals surface area contributed by atoms with Gasteiger partial charge in [0.2, 0.25) is 0 Å². The molecule has 1 aromatic heterocycles. The third-order valence-corrected chi connectivity index (χ3v) is 7.43. The SMILES string of the molecule is CCNCc1sc(S(=O)(=O)NC2(CC)CCC2)cc1C. The van der Waals surface area contributed by atoms with Crippen LogP contribution in [0, 0.1) is 6.92 Å². The molecule has 1 heterocycles. The van der Waals surface area contributed by atoms with Gasteiger partial charge in [0.1, 0.15) is 4.21 Å². The van der Waals surface area contributed by atoms with Crippen molar-refractivity contribution in [3.63, 3.8) is 0 Å². The summed E-state index contributed by atoms with van der Waals surface area (Å²) in [6.45, 7) is 7.70. The van der Waals surface area contributed by atoms with Crippen LogP contribution in [-0.4, -0.2) is 20.5 Å². The van der Waals surface area contributed by atoms with E-state index in [1.807, 2.05) is 13.8 Å². The Balaban J connectivity index is 2.17. The van der Waals surface area contributed by atoms with Gasteiger partial charge in [-0.3, -0.25) is 0 Å². The minimum absolute atomic E-state index is 0.196. The van der Waals surface area contributed by atoms with Crippen molar-refractivity contribution in [1.82, 2.24) is 10.0 Å². The summed E-state index contributed by atoms with van der Waals surface area (Å²) >= 11 is 1.38. The van der Waals surface area contributed by atoms with Crippen LogP contribution in [0.2, 0.25) is 0 Å². The fraction of sp³-hybridized carbons (Fsp3) is 0.714. The maximum absolute atomic E-state index is 12.5. The number of thiophene rings is 1. The van der Waals surface area contributed by atoms with Crippen molar-refractivity contribution in [1.29, 1.82) is 0 Å². The molecule has 0 saturated heterocycles. The number of aryl methyl sites for hydroxylation is 1. The van der Waals surface area contributed by atoms with Crippen LogP contribution in [0.15, 0.2) is 10.3 Å². The van der Waals surface area contributed by atoms with E-state index in [1.165, 1.54) is 11.3 Å². The molecule has 114 valence electrons. The second-order valence-corrected chi connectivity index (χ2v) is 8.59. The van der Waals surface area contributed by atoms with E-state index in [2.05, 4.69) is 17.0 Å². The van der Waals surface area contributed by atoms with Crippen LogP contribution in [0.3, 0.4) is 0 Å². The molecular formula is C14H24N2O2S2. The van der Waals surface area contributed by atoms with E-state index in [0.717, 1.165) is 49.2 Å². The van der Waals surface area contributed by atoms with Gasteiger partial charge < -0.3 is 5.32 Å². The topological polar surface area (TPSA) is 58.2 Å². The zero-order valence-corrected chi connectivity index (χ0v) is 14.1. The number of nitrogens with one attached hydrogen (secondary N) is 2. The molecule has 0 spiro atoms. The maximum atomic E-state index is 12.5. The Morgan fingerprint density at radius 2 is 2.05 bits per heavy atom. The van der Waals surface area contributed by atoms with Gasteiger partial charge in [-0.25, -0.2) is 13.1 Å². The summed E-state index contributed by atoms with van der Waals surface area (Å²) in [6, 6.07) is 1.79. The smallest absolute Gasteiger partial charge is 0.250 e. The van der Waals surface area contributed by atoms with Crippen molar-refractivity contribution in [3.8, 4) is 0 Å². The molecule has 1 aliphatic carbocycles. The molecule has 1 aliphatic rings. The first-order chi connectivity index (χ1) is 9.42. The molecular weight excluding hydrogens is 292 g/mol. The van der Waals surface area contributed by atoms with Crippen molar-refractivity contribution in [2.45, 2.75) is 62.7 Å². The van der Waals surface area contributed by atoms with Gasteiger partial charge in [-0.2, -0.15) is 0 Å². The number of rotatable bonds is 7. The van der Waals surface area contributed by atoms with E-state index in [0.29, 0.717) is 4.21 Å². The van der Waals surface area contributed by atoms with E-state index in [-0.39, 0.29) is 5.54 Å². The standard InChI is InChI=1S/C14H24N2O2S2/c1-4-14(7-6-8-14)16-20(17,18)13-9-11(3)12(19-13)10-15-5-2/h9,15-16H,4-8,10H2,1-3H3. The third kappa shape index (κ3) is 3.24. The zero-order chi connectivity index (χ0) is 14.8. The van der Waals surface area contributed by atoms with Crippen LogP contribution in [0.4, 0.5) is 0 Å². The Bertz CT molecular complexity index is 554. The van der Waals surface area contributed by atoms with Gasteiger partial charge in [-0.15, -0.1) is 11.3 Å². The lowest BCUT2D eigenvalue weighted by Crippen LogP contribution is -2.52. The zero-order valence-electron chi connectivity index (χ0n) is 12.5. The minimum atomic E-state index is -3.38. The highest BCUT2D eigenvalue weighted by molar-refractivity contribution is 7.91. The van der Waals surface area contributed by atoms with Gasteiger partial charge in [0.05, 0.1) is 0 Å². The lowest BCUT2D eigenvalue weighted by molar-refractivity contribution is 0.214. The molecule has 0 aromatic carbocycles. The summed E-state index contributed by atoms with van der Waals surface area (Å²) in [5.41, 5.74) is 0.856. The monoisotopic (exact) mass is 316 g/mol. The number of hydrogen-bond acceptors (Lipinski definition) is 4. The predicted molar refractivity (Wildman–Crippen MR) is 83.6 cm³/mol. The van der Waals surface area contributed by atoms with Crippen LogP contribution in [0.1, 0.15) is 50.0 Å². The Morgan fingerprint density at radius 1 is 1.35 bits per heavy atom. The van der Waals surface area contributed by atoms with Gasteiger partial charge in [0.25, 0.3) is 10.0 Å². The molecule has 20 heavy (non-hydrogen) atoms. The highest BCUT2D eigenvalue weighted by atomic mass is 32.2. The Kier molecular flexibility index (Phi) is 4.89. The largest absolute Gasteiger partial charge is 0.312 e. The van der Waals surface area contributed by atoms with Crippen LogP contribution in [0.25, 0.3) is 0 Å². The van der Waals surface area contributed by atoms with Crippen molar-refractivity contribution >= 4 is 21.4 Å². The average molecular weight is 316 g/mol. The van der Waals surface area contributed by atoms with Gasteiger partial charge >= 0.3 is 0 Å². The third-order valence-electron chi connectivity index (χ3n) is 4.14. The highest BCUT2D eigenvalue weighted by Crippen LogP contribution is 2.37. The lowest BCUT2D eigenvalue weighted by atomic mass is 9.76. The van der Waals surface area contributed by atoms with Gasteiger partial charge in [0, 0.05) is 17.0 Å². The van der Waals surface area contributed by atoms with E-state index < -0.39 is 10.0 Å². The number of hydrogen-bond donors (Lipinski definition) is 2. The Morgan fingerprint density at radius 3 is 2.55 bits per heavy atom. The second-order valence-electron chi connectivity index (χ2n) is 5.54. The van der Waals surface area contributed by atoms with E-state index in [9.17, 15) is 8.42 Å². The summed E-state index contributed by atoms with van der Waals surface area (Å²) in [6.07, 6.45) is 3.89. The maximum Gasteiger partial charge on any atom is 0.250 e. The first kappa shape index (κ1) is 15.9. The van der Waals surface area contributed by atoms with Crippen molar-refractivity contribution in [2.75, 3.05) is 6.54 Å². The van der Waals surface area contributed by atoms with Gasteiger partial charge in [0.15, 0.2) is 0 Å². The van der Waals surface area contributed by atoms with Crippen molar-refractivity contribution in [3.05, 3.63) is 16.5 Å². The molecule has 0 atom stereocenters. The molecule has 2 rings (SSSR count). The molecule has 2 N–H and O–H groups in total. The Hall–Kier alpha value is -0.430. The Labute approximate surface area is 126 Å². The fourth-order valence-corrected chi connectivity index (χ4v) is 5.59. The van der Waals surface area contributed by atoms with Gasteiger partial charge in [-0.1, -0.05) is 13.8 Å². The van der Waals surface area contributed by atoms with Crippen LogP contribution in [-0.2, 0) is 16.6 Å². The summed E-state index contributed by atoms with van der Waals surface area (Å²) in [4.78, 5) is 1.10. The molecule has 0 aliphatic heterocycles. The average Bonchev–Trinajstić information content (AvgIpc) is 2.74. The van der Waals surface area contributed by atoms with E-state index >= 15 is 0 Å². The summed E-state index contributed by atoms with van der Waals surface area (Å²) < 4.78 is 28.4. The van der Waals surface area contributed by atoms with Crippen LogP contribution in [0.5, 0.6) is 0 Å². The molecule has 4 nitrogen and oxygen atoms in total. The summed E-state index contributed by atoms with van der Waals surface area (Å²) in [7, 11) is -3.38. The number of sulfonamides is 1. The van der Waals surface area contributed by atoms with E-state index in [1.54, 1.807) is 6.07 Å². The fourth-order valence-electron chi connectivity index (χ4n) is 2.50. The predicted octanol–water partition coefficient (Wildman–Crippen LogP) is 2.78. The van der Waals surface area contributed by atoms with Crippen LogP contribution < -0.4 is 10.0 Å². The first-order valence-electron chi connectivity index (χ1n) is 7.26. The molecule has 0 amide bonds. The highest BCUT2D eigenvalue weighted by Gasteiger charge is 2.39. The summed E-state index contributed by atoms with van der Waals surface area (Å²) in [5.74, 6) is 0. The molecule has 0 radical (unpaired) electrons. The van der Waals surface area contributed by atoms with Crippen LogP contribution >= 0.6 is 11.3 Å². The molecule has 1 fully saturated rings. The van der Waals surface area contributed by atoms with Crippen molar-refractivity contribution < 1.29 is 8.42 Å². The molecule has 1 saturated carbocycles. The van der Waals surface area contributed by atoms with Crippen molar-refractivity contribution in [2.24, 2.45) is 0 Å². The minimum Gasteiger partial charge on any atom is -0.312 e. The molecule has 0 bridgehead atoms. The second kappa shape index (κ2) is 6.13. The lowest BCUT2D eigenvalue weighted by Gasteiger charge is -2.41. The quantitative estimate of drug-likeness (QED) is 0.813. The normalized spacial score (nSPS) is 17.9. The summed E-state index contributed by atoms with van der Waals surface area (Å²) in [5, 5.41) is 3.25. The molecule has 6 heteroatoms. The van der Waals surface area contributed by atoms with Gasteiger partial charge in [-0.05, 0) is 50.8 Å². The van der Waals surface area contributed by atoms with E-state index in [4.69, 9.17) is 0 Å². The first-order valence-corrected chi connectivity index (χ1v) is 9.56. The molecule has 1 aromatic rings. The molecule has 0 unspecified atom stereocenters.